The third kappa shape index (κ3) is 4.36. The third-order valence-electron chi connectivity index (χ3n) is 5.54. The molecule has 0 spiro atoms. The summed E-state index contributed by atoms with van der Waals surface area (Å²) in [5.41, 5.74) is 7.46. The van der Waals surface area contributed by atoms with Crippen LogP contribution in [0.25, 0.3) is 21.5 Å². The van der Waals surface area contributed by atoms with Crippen molar-refractivity contribution in [1.82, 2.24) is 20.8 Å². The van der Waals surface area contributed by atoms with Gasteiger partial charge in [-0.1, -0.05) is 48.5 Å². The van der Waals surface area contributed by atoms with Gasteiger partial charge in [-0.15, -0.1) is 0 Å². The van der Waals surface area contributed by atoms with Crippen molar-refractivity contribution in [1.29, 1.82) is 0 Å². The maximum absolute atomic E-state index is 11.7. The monoisotopic (exact) mass is 478 g/mol. The van der Waals surface area contributed by atoms with Crippen LogP contribution >= 0.6 is 7.75 Å². The van der Waals surface area contributed by atoms with Gasteiger partial charge >= 0.3 is 7.75 Å². The van der Waals surface area contributed by atoms with Crippen LogP contribution in [-0.4, -0.2) is 65.0 Å². The van der Waals surface area contributed by atoms with Crippen LogP contribution in [0.2, 0.25) is 0 Å². The SMILES string of the molecule is O=P(O)(O)N1CCN=C1N/N=C/c1c2ccccc2c(/C=N/NC2=NCCN2)c2ccccc12. The van der Waals surface area contributed by atoms with E-state index in [1.807, 2.05) is 48.5 Å². The second-order valence-corrected chi connectivity index (χ2v) is 9.17. The van der Waals surface area contributed by atoms with Gasteiger partial charge in [-0.25, -0.2) is 30.1 Å². The van der Waals surface area contributed by atoms with Gasteiger partial charge in [-0.05, 0) is 21.5 Å². The van der Waals surface area contributed by atoms with Crippen LogP contribution in [0.3, 0.4) is 0 Å². The molecule has 34 heavy (non-hydrogen) atoms. The molecule has 5 rings (SSSR count). The summed E-state index contributed by atoms with van der Waals surface area (Å²) in [5.74, 6) is 0.704. The van der Waals surface area contributed by atoms with Crippen molar-refractivity contribution in [3.63, 3.8) is 0 Å². The minimum Gasteiger partial charge on any atom is -0.353 e. The summed E-state index contributed by atoms with van der Waals surface area (Å²) >= 11 is 0. The Morgan fingerprint density at radius 2 is 1.44 bits per heavy atom. The Morgan fingerprint density at radius 3 is 1.94 bits per heavy atom. The normalized spacial score (nSPS) is 16.5. The molecule has 0 saturated heterocycles. The second kappa shape index (κ2) is 9.22. The first-order valence-corrected chi connectivity index (χ1v) is 12.3. The number of rotatable bonds is 5. The standard InChI is InChI=1S/C22H23N8O3P/c31-34(32,33)30-12-11-25-22(30)29-27-14-20-17-7-3-1-5-15(17)19(16-6-2-4-8-18(16)20)13-26-28-21-23-9-10-24-21/h1-8,13-14H,9-12H2,(H,25,29)(H2,23,24,28)(H2,31,32,33)/b26-13+,27-14+. The largest absolute Gasteiger partial charge is 0.432 e. The molecule has 0 saturated carbocycles. The average Bonchev–Trinajstić information content (AvgIpc) is 3.52. The van der Waals surface area contributed by atoms with Gasteiger partial charge in [0.25, 0.3) is 0 Å². The first-order valence-electron chi connectivity index (χ1n) is 10.7. The van der Waals surface area contributed by atoms with Crippen LogP contribution in [0, 0.1) is 0 Å². The number of nitrogens with zero attached hydrogens (tertiary/aromatic N) is 5. The fraction of sp³-hybridized carbons (Fsp3) is 0.182. The molecule has 2 heterocycles. The van der Waals surface area contributed by atoms with E-state index in [4.69, 9.17) is 0 Å². The number of guanidine groups is 2. The predicted molar refractivity (Wildman–Crippen MR) is 134 cm³/mol. The van der Waals surface area contributed by atoms with Crippen LogP contribution in [0.15, 0.2) is 68.7 Å². The molecule has 0 aromatic heterocycles. The van der Waals surface area contributed by atoms with Crippen molar-refractivity contribution in [3.8, 4) is 0 Å². The Balaban J connectivity index is 1.53. The van der Waals surface area contributed by atoms with Gasteiger partial charge in [0.1, 0.15) is 0 Å². The van der Waals surface area contributed by atoms with E-state index in [1.165, 1.54) is 0 Å². The molecular formula is C22H23N8O3P. The first-order chi connectivity index (χ1) is 16.5. The molecule has 11 nitrogen and oxygen atoms in total. The number of benzene rings is 3. The predicted octanol–water partition coefficient (Wildman–Crippen LogP) is 1.56. The quantitative estimate of drug-likeness (QED) is 0.162. The number of nitrogens with one attached hydrogen (secondary N) is 3. The lowest BCUT2D eigenvalue weighted by atomic mass is 9.92. The van der Waals surface area contributed by atoms with Gasteiger partial charge in [-0.2, -0.15) is 10.2 Å². The molecule has 3 aromatic carbocycles. The van der Waals surface area contributed by atoms with E-state index in [0.29, 0.717) is 12.5 Å². The van der Waals surface area contributed by atoms with Crippen molar-refractivity contribution in [2.75, 3.05) is 26.2 Å². The van der Waals surface area contributed by atoms with E-state index >= 15 is 0 Å². The van der Waals surface area contributed by atoms with Crippen LogP contribution < -0.4 is 16.2 Å². The summed E-state index contributed by atoms with van der Waals surface area (Å²) in [6.45, 7) is 1.95. The fourth-order valence-electron chi connectivity index (χ4n) is 4.04. The van der Waals surface area contributed by atoms with Crippen LogP contribution in [0.1, 0.15) is 11.1 Å². The first kappa shape index (κ1) is 22.0. The van der Waals surface area contributed by atoms with Crippen molar-refractivity contribution in [3.05, 3.63) is 59.7 Å². The van der Waals surface area contributed by atoms with Crippen molar-refractivity contribution in [2.24, 2.45) is 20.2 Å². The highest BCUT2D eigenvalue weighted by Gasteiger charge is 2.31. The number of hydrogen-bond donors (Lipinski definition) is 5. The van der Waals surface area contributed by atoms with Crippen molar-refractivity contribution >= 4 is 53.6 Å². The van der Waals surface area contributed by atoms with Crippen LogP contribution in [-0.2, 0) is 4.57 Å². The number of aliphatic imine (C=N–C) groups is 2. The Hall–Kier alpha value is -3.79. The molecule has 12 heteroatoms. The highest BCUT2D eigenvalue weighted by atomic mass is 31.2. The number of fused-ring (bicyclic) bond motifs is 2. The topological polar surface area (TPSA) is 146 Å². The molecule has 0 radical (unpaired) electrons. The summed E-state index contributed by atoms with van der Waals surface area (Å²) in [6.07, 6.45) is 3.44. The Morgan fingerprint density at radius 1 is 0.882 bits per heavy atom. The molecule has 174 valence electrons. The zero-order valence-corrected chi connectivity index (χ0v) is 19.0. The minimum absolute atomic E-state index is 0.0523. The third-order valence-corrected chi connectivity index (χ3v) is 6.56. The molecule has 5 N–H and O–H groups in total. The second-order valence-electron chi connectivity index (χ2n) is 7.66. The summed E-state index contributed by atoms with van der Waals surface area (Å²) in [7, 11) is -4.45. The lowest BCUT2D eigenvalue weighted by molar-refractivity contribution is 0.320. The van der Waals surface area contributed by atoms with E-state index in [2.05, 4.69) is 36.4 Å². The zero-order valence-electron chi connectivity index (χ0n) is 18.1. The summed E-state index contributed by atoms with van der Waals surface area (Å²) < 4.78 is 12.6. The zero-order chi connectivity index (χ0) is 23.5. The van der Waals surface area contributed by atoms with E-state index in [-0.39, 0.29) is 12.5 Å². The molecule has 0 atom stereocenters. The van der Waals surface area contributed by atoms with E-state index in [1.54, 1.807) is 12.4 Å². The average molecular weight is 478 g/mol. The molecule has 3 aromatic rings. The molecule has 0 aliphatic carbocycles. The summed E-state index contributed by atoms with van der Waals surface area (Å²) in [5, 5.41) is 15.7. The van der Waals surface area contributed by atoms with Crippen LogP contribution in [0.5, 0.6) is 0 Å². The van der Waals surface area contributed by atoms with E-state index in [0.717, 1.165) is 50.4 Å². The van der Waals surface area contributed by atoms with Gasteiger partial charge in [0.05, 0.1) is 32.1 Å². The van der Waals surface area contributed by atoms with Gasteiger partial charge in [0.2, 0.25) is 11.9 Å². The Labute approximate surface area is 195 Å². The number of hydrazone groups is 2. The van der Waals surface area contributed by atoms with E-state index in [9.17, 15) is 14.4 Å². The highest BCUT2D eigenvalue weighted by Crippen LogP contribution is 2.41. The minimum atomic E-state index is -4.45. The summed E-state index contributed by atoms with van der Waals surface area (Å²) in [6, 6.07) is 15.9. The molecule has 0 fully saturated rings. The maximum Gasteiger partial charge on any atom is 0.432 e. The lowest BCUT2D eigenvalue weighted by Crippen LogP contribution is -2.33. The fourth-order valence-corrected chi connectivity index (χ4v) is 4.75. The molecule has 0 bridgehead atoms. The maximum atomic E-state index is 11.7. The smallest absolute Gasteiger partial charge is 0.353 e. The lowest BCUT2D eigenvalue weighted by Gasteiger charge is -2.19. The summed E-state index contributed by atoms with van der Waals surface area (Å²) in [4.78, 5) is 27.4. The van der Waals surface area contributed by atoms with Gasteiger partial charge in [-0.3, -0.25) is 0 Å². The van der Waals surface area contributed by atoms with E-state index < -0.39 is 7.75 Å². The van der Waals surface area contributed by atoms with Crippen LogP contribution in [0.4, 0.5) is 0 Å². The van der Waals surface area contributed by atoms with Gasteiger partial charge in [0, 0.05) is 17.7 Å². The molecular weight excluding hydrogens is 455 g/mol. The molecule has 0 amide bonds. The van der Waals surface area contributed by atoms with Gasteiger partial charge in [0.15, 0.2) is 0 Å². The van der Waals surface area contributed by atoms with Crippen molar-refractivity contribution < 1.29 is 14.4 Å². The Bertz CT molecular complexity index is 1360. The highest BCUT2D eigenvalue weighted by molar-refractivity contribution is 7.50. The van der Waals surface area contributed by atoms with Crippen molar-refractivity contribution in [2.45, 2.75) is 0 Å². The molecule has 2 aliphatic heterocycles. The number of hydrogen-bond acceptors (Lipinski definition) is 8. The molecule has 0 unspecified atom stereocenters. The van der Waals surface area contributed by atoms with Gasteiger partial charge < -0.3 is 15.1 Å². The Kier molecular flexibility index (Phi) is 5.97. The molecule has 2 aliphatic rings.